The van der Waals surface area contributed by atoms with E-state index in [1.54, 1.807) is 24.3 Å². The van der Waals surface area contributed by atoms with Crippen LogP contribution in [0.5, 0.6) is 11.5 Å². The fourth-order valence-electron chi connectivity index (χ4n) is 7.32. The number of Topliss-reactive ketones (excluding diaryl/α,β-unsaturated/α-hetero) is 1. The predicted octanol–water partition coefficient (Wildman–Crippen LogP) is 6.36. The molecule has 7 rings (SSSR count). The summed E-state index contributed by atoms with van der Waals surface area (Å²) in [6.45, 7) is -0.485. The largest absolute Gasteiger partial charge is 0.457 e. The summed E-state index contributed by atoms with van der Waals surface area (Å²) in [5.74, 6) is -0.667. The topological polar surface area (TPSA) is 133 Å². The fourth-order valence-corrected chi connectivity index (χ4v) is 7.32. The number of anilines is 1. The summed E-state index contributed by atoms with van der Waals surface area (Å²) in [7, 11) is 0. The van der Waals surface area contributed by atoms with Crippen LogP contribution in [0.15, 0.2) is 103 Å². The molecule has 4 aromatic carbocycles. The lowest BCUT2D eigenvalue weighted by atomic mass is 9.73. The maximum absolute atomic E-state index is 13.6. The molecule has 46 heavy (non-hydrogen) atoms. The molecule has 2 amide bonds. The molecule has 0 radical (unpaired) electrons. The number of amides is 2. The summed E-state index contributed by atoms with van der Waals surface area (Å²) in [4.78, 5) is 64.0. The minimum Gasteiger partial charge on any atom is -0.457 e. The quantitative estimate of drug-likeness (QED) is 0.0698. The van der Waals surface area contributed by atoms with E-state index in [4.69, 9.17) is 9.47 Å². The van der Waals surface area contributed by atoms with E-state index in [1.807, 2.05) is 18.2 Å². The van der Waals surface area contributed by atoms with Gasteiger partial charge >= 0.3 is 5.97 Å². The Labute approximate surface area is 263 Å². The van der Waals surface area contributed by atoms with E-state index in [-0.39, 0.29) is 52.7 Å². The Kier molecular flexibility index (Phi) is 7.40. The average Bonchev–Trinajstić information content (AvgIpc) is 3.75. The molecule has 1 aliphatic heterocycles. The minimum absolute atomic E-state index is 0.0540. The Morgan fingerprint density at radius 1 is 0.761 bits per heavy atom. The number of rotatable bonds is 9. The normalized spacial score (nSPS) is 22.9. The molecule has 10 nitrogen and oxygen atoms in total. The lowest BCUT2D eigenvalue weighted by molar-refractivity contribution is -0.384. The zero-order valence-corrected chi connectivity index (χ0v) is 24.5. The van der Waals surface area contributed by atoms with Crippen molar-refractivity contribution in [3.63, 3.8) is 0 Å². The molecule has 0 spiro atoms. The number of benzene rings is 4. The number of nitro groups is 1. The molecule has 1 saturated heterocycles. The number of ether oxygens (including phenoxy) is 2. The van der Waals surface area contributed by atoms with Crippen molar-refractivity contribution in [3.05, 3.63) is 130 Å². The summed E-state index contributed by atoms with van der Waals surface area (Å²) in [5, 5.41) is 10.8. The number of ketones is 1. The molecule has 230 valence electrons. The van der Waals surface area contributed by atoms with Gasteiger partial charge in [-0.05, 0) is 96.8 Å². The molecule has 1 heterocycles. The van der Waals surface area contributed by atoms with Crippen LogP contribution in [0.3, 0.4) is 0 Å². The van der Waals surface area contributed by atoms with Gasteiger partial charge in [0.1, 0.15) is 11.5 Å². The van der Waals surface area contributed by atoms with Crippen LogP contribution in [0.25, 0.3) is 0 Å². The molecule has 10 heteroatoms. The number of hydrogen-bond donors (Lipinski definition) is 0. The van der Waals surface area contributed by atoms with Crippen molar-refractivity contribution in [2.45, 2.75) is 18.8 Å². The van der Waals surface area contributed by atoms with E-state index in [9.17, 15) is 29.3 Å². The maximum atomic E-state index is 13.6. The highest BCUT2D eigenvalue weighted by Gasteiger charge is 2.64. The van der Waals surface area contributed by atoms with Crippen LogP contribution in [-0.4, -0.2) is 35.1 Å². The zero-order chi connectivity index (χ0) is 31.9. The smallest absolute Gasteiger partial charge is 0.338 e. The van der Waals surface area contributed by atoms with Crippen LogP contribution in [0.1, 0.15) is 45.0 Å². The van der Waals surface area contributed by atoms with E-state index in [0.29, 0.717) is 22.7 Å². The van der Waals surface area contributed by atoms with Crippen molar-refractivity contribution >= 4 is 34.9 Å². The first-order chi connectivity index (χ1) is 22.3. The number of nitrogens with zero attached hydrogens (tertiary/aromatic N) is 2. The number of imide groups is 1. The van der Waals surface area contributed by atoms with Crippen molar-refractivity contribution in [2.75, 3.05) is 11.5 Å². The van der Waals surface area contributed by atoms with Gasteiger partial charge in [0.15, 0.2) is 12.4 Å². The number of esters is 1. The Hall–Kier alpha value is -5.64. The molecule has 2 saturated carbocycles. The number of non-ortho nitro benzene ring substituents is 1. The summed E-state index contributed by atoms with van der Waals surface area (Å²) in [5.41, 5.74) is 2.08. The molecule has 4 aromatic rings. The average molecular weight is 617 g/mol. The van der Waals surface area contributed by atoms with E-state index >= 15 is 0 Å². The molecular weight excluding hydrogens is 588 g/mol. The standard InChI is InChI=1S/C36H28N2O8/c39-31(22-8-14-27(15-9-22)46-28-16-12-26(13-17-28)38(43)44)20-45-36(42)23-6-10-25(11-7-23)37-34(40)32-24-18-29(21-4-2-1-3-5-21)30(19-24)33(32)35(37)41/h1-17,24,29-30,32-33H,18-20H2/t24-,29-,30-,32+,33+/m0/s1. The van der Waals surface area contributed by atoms with Gasteiger partial charge in [-0.2, -0.15) is 0 Å². The van der Waals surface area contributed by atoms with Gasteiger partial charge in [0.25, 0.3) is 5.69 Å². The Balaban J connectivity index is 0.947. The maximum Gasteiger partial charge on any atom is 0.338 e. The first kappa shape index (κ1) is 29.1. The van der Waals surface area contributed by atoms with Crippen LogP contribution in [0.4, 0.5) is 11.4 Å². The fraction of sp³-hybridized carbons (Fsp3) is 0.222. The van der Waals surface area contributed by atoms with Gasteiger partial charge in [-0.1, -0.05) is 30.3 Å². The number of nitro benzene ring substituents is 1. The Morgan fingerprint density at radius 2 is 1.37 bits per heavy atom. The van der Waals surface area contributed by atoms with Crippen LogP contribution in [0.2, 0.25) is 0 Å². The van der Waals surface area contributed by atoms with Gasteiger partial charge in [-0.3, -0.25) is 29.4 Å². The summed E-state index contributed by atoms with van der Waals surface area (Å²) < 4.78 is 10.9. The van der Waals surface area contributed by atoms with Gasteiger partial charge in [0.2, 0.25) is 11.8 Å². The lowest BCUT2D eigenvalue weighted by Crippen LogP contribution is -2.33. The number of hydrogen-bond acceptors (Lipinski definition) is 8. The predicted molar refractivity (Wildman–Crippen MR) is 166 cm³/mol. The second kappa shape index (κ2) is 11.7. The zero-order valence-electron chi connectivity index (χ0n) is 24.5. The number of carbonyl (C=O) groups is 4. The number of fused-ring (bicyclic) bond motifs is 5. The lowest BCUT2D eigenvalue weighted by Gasteiger charge is -2.28. The molecule has 0 N–H and O–H groups in total. The molecule has 5 atom stereocenters. The van der Waals surface area contributed by atoms with Crippen molar-refractivity contribution < 1.29 is 33.6 Å². The van der Waals surface area contributed by atoms with Crippen LogP contribution in [-0.2, 0) is 14.3 Å². The molecule has 3 fully saturated rings. The summed E-state index contributed by atoms with van der Waals surface area (Å²) in [6, 6.07) is 28.1. The second-order valence-corrected chi connectivity index (χ2v) is 11.9. The molecule has 0 aromatic heterocycles. The van der Waals surface area contributed by atoms with Gasteiger partial charge in [-0.25, -0.2) is 4.79 Å². The van der Waals surface area contributed by atoms with E-state index in [1.165, 1.54) is 59.0 Å². The minimum atomic E-state index is -0.710. The monoisotopic (exact) mass is 616 g/mol. The molecule has 3 aliphatic rings. The molecule has 2 bridgehead atoms. The highest BCUT2D eigenvalue weighted by atomic mass is 16.6. The number of carbonyl (C=O) groups excluding carboxylic acids is 4. The summed E-state index contributed by atoms with van der Waals surface area (Å²) >= 11 is 0. The highest BCUT2D eigenvalue weighted by Crippen LogP contribution is 2.61. The second-order valence-electron chi connectivity index (χ2n) is 11.9. The Bertz CT molecular complexity index is 1840. The van der Waals surface area contributed by atoms with Gasteiger partial charge in [-0.15, -0.1) is 0 Å². The van der Waals surface area contributed by atoms with Crippen molar-refractivity contribution in [3.8, 4) is 11.5 Å². The first-order valence-electron chi connectivity index (χ1n) is 15.0. The first-order valence-corrected chi connectivity index (χ1v) is 15.0. The van der Waals surface area contributed by atoms with Gasteiger partial charge in [0, 0.05) is 17.7 Å². The van der Waals surface area contributed by atoms with Gasteiger partial charge in [0.05, 0.1) is 28.0 Å². The summed E-state index contributed by atoms with van der Waals surface area (Å²) in [6.07, 6.45) is 1.80. The molecule has 0 unspecified atom stereocenters. The van der Waals surface area contributed by atoms with E-state index in [2.05, 4.69) is 12.1 Å². The third-order valence-electron chi connectivity index (χ3n) is 9.40. The SMILES string of the molecule is O=C(COC(=O)c1ccc(N2C(=O)[C@@H]3[C@@H]4C[C@H]([C@H]3C2=O)[C@H](c2ccccc2)C4)cc1)c1ccc(Oc2ccc([N+](=O)[O-])cc2)cc1. The van der Waals surface area contributed by atoms with E-state index in [0.717, 1.165) is 12.8 Å². The van der Waals surface area contributed by atoms with Crippen molar-refractivity contribution in [2.24, 2.45) is 23.7 Å². The van der Waals surface area contributed by atoms with Crippen LogP contribution in [0, 0.1) is 33.8 Å². The molecular formula is C36H28N2O8. The van der Waals surface area contributed by atoms with Crippen molar-refractivity contribution in [1.82, 2.24) is 0 Å². The van der Waals surface area contributed by atoms with Crippen molar-refractivity contribution in [1.29, 1.82) is 0 Å². The Morgan fingerprint density at radius 3 is 2.02 bits per heavy atom. The third-order valence-corrected chi connectivity index (χ3v) is 9.40. The van der Waals surface area contributed by atoms with Crippen LogP contribution < -0.4 is 9.64 Å². The third kappa shape index (κ3) is 5.21. The van der Waals surface area contributed by atoms with Crippen LogP contribution >= 0.6 is 0 Å². The molecule has 2 aliphatic carbocycles. The highest BCUT2D eigenvalue weighted by molar-refractivity contribution is 6.22. The van der Waals surface area contributed by atoms with Gasteiger partial charge < -0.3 is 9.47 Å². The van der Waals surface area contributed by atoms with E-state index < -0.39 is 23.3 Å².